The van der Waals surface area contributed by atoms with Crippen LogP contribution in [-0.2, 0) is 9.47 Å². The molecule has 0 spiro atoms. The molecule has 1 rings (SSSR count). The zero-order valence-electron chi connectivity index (χ0n) is 9.69. The van der Waals surface area contributed by atoms with E-state index in [0.717, 1.165) is 17.5 Å². The van der Waals surface area contributed by atoms with Crippen molar-refractivity contribution >= 4 is 22.6 Å². The van der Waals surface area contributed by atoms with Crippen LogP contribution < -0.4 is 0 Å². The van der Waals surface area contributed by atoms with Crippen molar-refractivity contribution < 1.29 is 9.47 Å². The van der Waals surface area contributed by atoms with Crippen LogP contribution in [0.25, 0.3) is 0 Å². The molecule has 1 unspecified atom stereocenters. The zero-order valence-corrected chi connectivity index (χ0v) is 11.9. The van der Waals surface area contributed by atoms with Crippen LogP contribution in [0.3, 0.4) is 0 Å². The molecular weight excluding hydrogens is 315 g/mol. The van der Waals surface area contributed by atoms with E-state index in [9.17, 15) is 0 Å². The maximum absolute atomic E-state index is 5.79. The van der Waals surface area contributed by atoms with Crippen molar-refractivity contribution in [2.24, 2.45) is 0 Å². The minimum Gasteiger partial charge on any atom is -0.379 e. The Hall–Kier alpha value is -0.130. The van der Waals surface area contributed by atoms with Gasteiger partial charge in [0, 0.05) is 11.0 Å². The smallest absolute Gasteiger partial charge is 0.0915 e. The van der Waals surface area contributed by atoms with E-state index in [0.29, 0.717) is 13.2 Å². The number of halogens is 1. The van der Waals surface area contributed by atoms with Crippen LogP contribution in [0.1, 0.15) is 25.0 Å². The van der Waals surface area contributed by atoms with E-state index in [1.54, 1.807) is 0 Å². The van der Waals surface area contributed by atoms with Gasteiger partial charge in [-0.2, -0.15) is 0 Å². The predicted molar refractivity (Wildman–Crippen MR) is 75.1 cm³/mol. The van der Waals surface area contributed by atoms with Crippen LogP contribution in [0.2, 0.25) is 0 Å². The van der Waals surface area contributed by atoms with Crippen molar-refractivity contribution in [3.05, 3.63) is 35.9 Å². The SMILES string of the molecule is CCCOCCOC(CI)c1ccccc1. The molecule has 1 aromatic carbocycles. The summed E-state index contributed by atoms with van der Waals surface area (Å²) in [5.41, 5.74) is 1.24. The molecule has 0 aliphatic carbocycles. The third-order valence-electron chi connectivity index (χ3n) is 2.21. The van der Waals surface area contributed by atoms with Gasteiger partial charge in [-0.3, -0.25) is 0 Å². The van der Waals surface area contributed by atoms with Gasteiger partial charge in [0.05, 0.1) is 19.3 Å². The van der Waals surface area contributed by atoms with Crippen molar-refractivity contribution in [1.29, 1.82) is 0 Å². The lowest BCUT2D eigenvalue weighted by molar-refractivity contribution is 0.0147. The molecule has 0 bridgehead atoms. The Kier molecular flexibility index (Phi) is 7.80. The standard InChI is InChI=1S/C13H19IO2/c1-2-8-15-9-10-16-13(11-14)12-6-4-3-5-7-12/h3-7,13H,2,8-11H2,1H3. The number of benzene rings is 1. The third kappa shape index (κ3) is 5.27. The lowest BCUT2D eigenvalue weighted by atomic mass is 10.1. The topological polar surface area (TPSA) is 18.5 Å². The zero-order chi connectivity index (χ0) is 11.6. The van der Waals surface area contributed by atoms with Crippen LogP contribution >= 0.6 is 22.6 Å². The van der Waals surface area contributed by atoms with E-state index < -0.39 is 0 Å². The highest BCUT2D eigenvalue weighted by molar-refractivity contribution is 14.1. The molecule has 0 saturated heterocycles. The van der Waals surface area contributed by atoms with Crippen molar-refractivity contribution in [2.45, 2.75) is 19.4 Å². The molecule has 0 saturated carbocycles. The first kappa shape index (κ1) is 13.9. The van der Waals surface area contributed by atoms with Crippen molar-refractivity contribution in [2.75, 3.05) is 24.2 Å². The molecule has 0 N–H and O–H groups in total. The Labute approximate surface area is 111 Å². The van der Waals surface area contributed by atoms with Gasteiger partial charge >= 0.3 is 0 Å². The Bertz CT molecular complexity index is 264. The monoisotopic (exact) mass is 334 g/mol. The number of hydrogen-bond acceptors (Lipinski definition) is 2. The third-order valence-corrected chi connectivity index (χ3v) is 3.01. The Balaban J connectivity index is 2.27. The molecule has 0 radical (unpaired) electrons. The highest BCUT2D eigenvalue weighted by atomic mass is 127. The first-order valence-corrected chi connectivity index (χ1v) is 7.21. The molecule has 2 nitrogen and oxygen atoms in total. The number of rotatable bonds is 8. The van der Waals surface area contributed by atoms with Crippen molar-refractivity contribution in [3.8, 4) is 0 Å². The summed E-state index contributed by atoms with van der Waals surface area (Å²) in [7, 11) is 0. The fraction of sp³-hybridized carbons (Fsp3) is 0.538. The van der Waals surface area contributed by atoms with Gasteiger partial charge in [0.1, 0.15) is 0 Å². The molecule has 0 aliphatic heterocycles. The van der Waals surface area contributed by atoms with Gasteiger partial charge in [0.2, 0.25) is 0 Å². The second-order valence-electron chi connectivity index (χ2n) is 3.54. The van der Waals surface area contributed by atoms with Crippen LogP contribution in [-0.4, -0.2) is 24.2 Å². The van der Waals surface area contributed by atoms with Crippen molar-refractivity contribution in [3.63, 3.8) is 0 Å². The van der Waals surface area contributed by atoms with Crippen LogP contribution in [0.5, 0.6) is 0 Å². The quantitative estimate of drug-likeness (QED) is 0.411. The number of ether oxygens (including phenoxy) is 2. The minimum absolute atomic E-state index is 0.187. The second kappa shape index (κ2) is 8.96. The van der Waals surface area contributed by atoms with Gasteiger partial charge in [-0.1, -0.05) is 59.8 Å². The summed E-state index contributed by atoms with van der Waals surface area (Å²) >= 11 is 2.36. The largest absolute Gasteiger partial charge is 0.379 e. The maximum Gasteiger partial charge on any atom is 0.0915 e. The van der Waals surface area contributed by atoms with Crippen LogP contribution in [0.4, 0.5) is 0 Å². The summed E-state index contributed by atoms with van der Waals surface area (Å²) in [5, 5.41) is 0. The Morgan fingerprint density at radius 3 is 2.50 bits per heavy atom. The van der Waals surface area contributed by atoms with Crippen LogP contribution in [0.15, 0.2) is 30.3 Å². The molecule has 0 amide bonds. The lowest BCUT2D eigenvalue weighted by Gasteiger charge is -2.15. The number of alkyl halides is 1. The highest BCUT2D eigenvalue weighted by Crippen LogP contribution is 2.19. The first-order chi connectivity index (χ1) is 7.88. The average molecular weight is 334 g/mol. The van der Waals surface area contributed by atoms with Gasteiger partial charge in [-0.05, 0) is 12.0 Å². The Morgan fingerprint density at radius 1 is 1.12 bits per heavy atom. The number of hydrogen-bond donors (Lipinski definition) is 0. The molecule has 0 fully saturated rings. The molecule has 0 aliphatic rings. The molecule has 3 heteroatoms. The molecule has 0 aromatic heterocycles. The highest BCUT2D eigenvalue weighted by Gasteiger charge is 2.09. The molecule has 1 aromatic rings. The molecular formula is C13H19IO2. The van der Waals surface area contributed by atoms with Gasteiger partial charge in [-0.15, -0.1) is 0 Å². The van der Waals surface area contributed by atoms with E-state index in [1.165, 1.54) is 5.56 Å². The fourth-order valence-corrected chi connectivity index (χ4v) is 2.16. The average Bonchev–Trinajstić information content (AvgIpc) is 2.35. The normalized spacial score (nSPS) is 12.6. The van der Waals surface area contributed by atoms with E-state index in [-0.39, 0.29) is 6.10 Å². The lowest BCUT2D eigenvalue weighted by Crippen LogP contribution is -2.11. The van der Waals surface area contributed by atoms with Gasteiger partial charge in [0.15, 0.2) is 0 Å². The first-order valence-electron chi connectivity index (χ1n) is 5.68. The van der Waals surface area contributed by atoms with Gasteiger partial charge in [0.25, 0.3) is 0 Å². The summed E-state index contributed by atoms with van der Waals surface area (Å²) in [6.45, 7) is 4.29. The minimum atomic E-state index is 0.187. The van der Waals surface area contributed by atoms with E-state index >= 15 is 0 Å². The second-order valence-corrected chi connectivity index (χ2v) is 4.42. The maximum atomic E-state index is 5.79. The van der Waals surface area contributed by atoms with Crippen LogP contribution in [0, 0.1) is 0 Å². The summed E-state index contributed by atoms with van der Waals surface area (Å²) in [5.74, 6) is 0. The molecule has 16 heavy (non-hydrogen) atoms. The fourth-order valence-electron chi connectivity index (χ4n) is 1.39. The van der Waals surface area contributed by atoms with Gasteiger partial charge < -0.3 is 9.47 Å². The molecule has 90 valence electrons. The van der Waals surface area contributed by atoms with Gasteiger partial charge in [-0.25, -0.2) is 0 Å². The predicted octanol–water partition coefficient (Wildman–Crippen LogP) is 3.61. The molecule has 1 atom stereocenters. The van der Waals surface area contributed by atoms with E-state index in [1.807, 2.05) is 18.2 Å². The summed E-state index contributed by atoms with van der Waals surface area (Å²) in [4.78, 5) is 0. The Morgan fingerprint density at radius 2 is 1.88 bits per heavy atom. The van der Waals surface area contributed by atoms with Crippen molar-refractivity contribution in [1.82, 2.24) is 0 Å². The van der Waals surface area contributed by atoms with E-state index in [2.05, 4.69) is 41.6 Å². The summed E-state index contributed by atoms with van der Waals surface area (Å²) < 4.78 is 12.1. The molecule has 0 heterocycles. The van der Waals surface area contributed by atoms with E-state index in [4.69, 9.17) is 9.47 Å². The summed E-state index contributed by atoms with van der Waals surface area (Å²) in [6, 6.07) is 10.3. The summed E-state index contributed by atoms with van der Waals surface area (Å²) in [6.07, 6.45) is 1.25.